The van der Waals surface area contributed by atoms with Gasteiger partial charge in [0.1, 0.15) is 12.0 Å². The van der Waals surface area contributed by atoms with Crippen molar-refractivity contribution in [3.8, 4) is 0 Å². The molecule has 0 bridgehead atoms. The monoisotopic (exact) mass is 229 g/mol. The number of anilines is 1. The van der Waals surface area contributed by atoms with Crippen molar-refractivity contribution in [2.24, 2.45) is 0 Å². The van der Waals surface area contributed by atoms with Gasteiger partial charge in [-0.25, -0.2) is 4.98 Å². The highest BCUT2D eigenvalue weighted by Gasteiger charge is 2.20. The van der Waals surface area contributed by atoms with E-state index < -0.39 is 6.23 Å². The summed E-state index contributed by atoms with van der Waals surface area (Å²) in [6.07, 6.45) is 1.36. The molecule has 4 nitrogen and oxygen atoms in total. The summed E-state index contributed by atoms with van der Waals surface area (Å²) >= 11 is 0. The van der Waals surface area contributed by atoms with E-state index in [-0.39, 0.29) is 12.4 Å². The topological polar surface area (TPSA) is 48.4 Å². The molecule has 2 rings (SSSR count). The highest BCUT2D eigenvalue weighted by Crippen LogP contribution is 2.14. The first-order valence-electron chi connectivity index (χ1n) is 4.85. The summed E-state index contributed by atoms with van der Waals surface area (Å²) in [6.45, 7) is 4.31. The van der Waals surface area contributed by atoms with Crippen LogP contribution < -0.4 is 10.2 Å². The number of aromatic nitrogens is 1. The Morgan fingerprint density at radius 2 is 2.33 bits per heavy atom. The van der Waals surface area contributed by atoms with E-state index in [9.17, 15) is 5.11 Å². The van der Waals surface area contributed by atoms with E-state index in [1.807, 2.05) is 30.2 Å². The lowest BCUT2D eigenvalue weighted by Crippen LogP contribution is -2.51. The van der Waals surface area contributed by atoms with Crippen molar-refractivity contribution in [3.05, 3.63) is 23.9 Å². The summed E-state index contributed by atoms with van der Waals surface area (Å²) in [5, 5.41) is 12.8. The Bertz CT molecular complexity index is 304. The maximum absolute atomic E-state index is 9.72. The average molecular weight is 230 g/mol. The number of pyridine rings is 1. The number of hydrogen-bond acceptors (Lipinski definition) is 4. The first-order valence-corrected chi connectivity index (χ1v) is 4.85. The summed E-state index contributed by atoms with van der Waals surface area (Å²) in [5.74, 6) is 0.851. The molecule has 1 saturated heterocycles. The number of halogens is 1. The highest BCUT2D eigenvalue weighted by atomic mass is 35.5. The molecule has 0 radical (unpaired) electrons. The van der Waals surface area contributed by atoms with E-state index in [0.717, 1.165) is 24.5 Å². The number of β-amino-alcohol motifs (C(OH)–C–C–N with tert-alkyl or cyclic N) is 1. The van der Waals surface area contributed by atoms with Gasteiger partial charge in [-0.15, -0.1) is 12.4 Å². The van der Waals surface area contributed by atoms with Crippen molar-refractivity contribution in [1.29, 1.82) is 0 Å². The van der Waals surface area contributed by atoms with Crippen molar-refractivity contribution in [3.63, 3.8) is 0 Å². The number of aliphatic hydroxyl groups is 1. The Kier molecular flexibility index (Phi) is 4.32. The molecule has 1 atom stereocenters. The van der Waals surface area contributed by atoms with Crippen LogP contribution in [-0.4, -0.2) is 36.0 Å². The van der Waals surface area contributed by atoms with Gasteiger partial charge < -0.3 is 15.3 Å². The lowest BCUT2D eigenvalue weighted by molar-refractivity contribution is 0.151. The standard InChI is InChI=1S/C10H15N3O.ClH/c1-8-2-3-9(12-6-8)13-5-4-11-7-10(13)14;/h2-3,6,10-11,14H,4-5,7H2,1H3;1H. The fourth-order valence-electron chi connectivity index (χ4n) is 1.59. The third-order valence-electron chi connectivity index (χ3n) is 2.41. The number of nitrogens with one attached hydrogen (secondary N) is 1. The smallest absolute Gasteiger partial charge is 0.140 e. The number of rotatable bonds is 1. The van der Waals surface area contributed by atoms with Gasteiger partial charge in [-0.1, -0.05) is 6.07 Å². The van der Waals surface area contributed by atoms with E-state index in [0.29, 0.717) is 6.54 Å². The van der Waals surface area contributed by atoms with Crippen LogP contribution in [0.4, 0.5) is 5.82 Å². The summed E-state index contributed by atoms with van der Waals surface area (Å²) in [5.41, 5.74) is 1.14. The van der Waals surface area contributed by atoms with Crippen LogP contribution >= 0.6 is 12.4 Å². The van der Waals surface area contributed by atoms with Crippen LogP contribution in [0.2, 0.25) is 0 Å². The third-order valence-corrected chi connectivity index (χ3v) is 2.41. The van der Waals surface area contributed by atoms with Crippen LogP contribution in [-0.2, 0) is 0 Å². The lowest BCUT2D eigenvalue weighted by Gasteiger charge is -2.33. The van der Waals surface area contributed by atoms with Gasteiger partial charge in [0, 0.05) is 25.8 Å². The molecule has 1 aromatic heterocycles. The average Bonchev–Trinajstić information content (AvgIpc) is 2.20. The zero-order valence-corrected chi connectivity index (χ0v) is 9.50. The predicted molar refractivity (Wildman–Crippen MR) is 62.4 cm³/mol. The molecule has 0 saturated carbocycles. The minimum absolute atomic E-state index is 0. The second-order valence-electron chi connectivity index (χ2n) is 3.57. The maximum atomic E-state index is 9.72. The van der Waals surface area contributed by atoms with Crippen molar-refractivity contribution in [2.75, 3.05) is 24.5 Å². The number of nitrogens with zero attached hydrogens (tertiary/aromatic N) is 2. The summed E-state index contributed by atoms with van der Waals surface area (Å²) in [7, 11) is 0. The molecular weight excluding hydrogens is 214 g/mol. The molecule has 0 aliphatic carbocycles. The number of aryl methyl sites for hydroxylation is 1. The van der Waals surface area contributed by atoms with E-state index in [2.05, 4.69) is 10.3 Å². The minimum atomic E-state index is -0.459. The quantitative estimate of drug-likeness (QED) is 0.738. The molecule has 1 aliphatic heterocycles. The number of hydrogen-bond donors (Lipinski definition) is 2. The van der Waals surface area contributed by atoms with Crippen molar-refractivity contribution in [2.45, 2.75) is 13.2 Å². The van der Waals surface area contributed by atoms with Crippen molar-refractivity contribution in [1.82, 2.24) is 10.3 Å². The Hall–Kier alpha value is -0.840. The lowest BCUT2D eigenvalue weighted by atomic mass is 10.3. The molecule has 2 heterocycles. The third kappa shape index (κ3) is 2.81. The Balaban J connectivity index is 0.00000112. The van der Waals surface area contributed by atoms with Gasteiger partial charge in [-0.05, 0) is 18.6 Å². The van der Waals surface area contributed by atoms with E-state index in [1.165, 1.54) is 0 Å². The van der Waals surface area contributed by atoms with Gasteiger partial charge in [0.15, 0.2) is 0 Å². The molecule has 84 valence electrons. The number of piperazine rings is 1. The Labute approximate surface area is 95.7 Å². The minimum Gasteiger partial charge on any atom is -0.372 e. The predicted octanol–water partition coefficient (Wildman–Crippen LogP) is 0.540. The molecular formula is C10H16ClN3O. The fourth-order valence-corrected chi connectivity index (χ4v) is 1.59. The van der Waals surface area contributed by atoms with Crippen LogP contribution in [0.3, 0.4) is 0 Å². The van der Waals surface area contributed by atoms with Gasteiger partial charge in [0.05, 0.1) is 0 Å². The summed E-state index contributed by atoms with van der Waals surface area (Å²) in [4.78, 5) is 6.20. The SMILES string of the molecule is Cc1ccc(N2CCNCC2O)nc1.Cl. The van der Waals surface area contributed by atoms with Gasteiger partial charge in [0.2, 0.25) is 0 Å². The normalized spacial score (nSPS) is 20.9. The maximum Gasteiger partial charge on any atom is 0.140 e. The second kappa shape index (κ2) is 5.30. The molecule has 1 unspecified atom stereocenters. The molecule has 2 N–H and O–H groups in total. The van der Waals surface area contributed by atoms with Crippen LogP contribution in [0.5, 0.6) is 0 Å². The molecule has 1 aromatic rings. The van der Waals surface area contributed by atoms with Gasteiger partial charge in [-0.3, -0.25) is 0 Å². The summed E-state index contributed by atoms with van der Waals surface area (Å²) < 4.78 is 0. The van der Waals surface area contributed by atoms with Crippen LogP contribution in [0.25, 0.3) is 0 Å². The van der Waals surface area contributed by atoms with E-state index >= 15 is 0 Å². The van der Waals surface area contributed by atoms with E-state index in [4.69, 9.17) is 0 Å². The Morgan fingerprint density at radius 1 is 1.53 bits per heavy atom. The molecule has 0 aromatic carbocycles. The molecule has 1 aliphatic rings. The first-order chi connectivity index (χ1) is 6.77. The van der Waals surface area contributed by atoms with Crippen molar-refractivity contribution >= 4 is 18.2 Å². The van der Waals surface area contributed by atoms with Gasteiger partial charge in [-0.2, -0.15) is 0 Å². The zero-order valence-electron chi connectivity index (χ0n) is 8.68. The van der Waals surface area contributed by atoms with E-state index in [1.54, 1.807) is 0 Å². The molecule has 0 amide bonds. The summed E-state index contributed by atoms with van der Waals surface area (Å²) in [6, 6.07) is 3.96. The number of aliphatic hydroxyl groups excluding tert-OH is 1. The first kappa shape index (κ1) is 12.2. The van der Waals surface area contributed by atoms with Gasteiger partial charge in [0.25, 0.3) is 0 Å². The van der Waals surface area contributed by atoms with Gasteiger partial charge >= 0.3 is 0 Å². The molecule has 1 fully saturated rings. The Morgan fingerprint density at radius 3 is 2.93 bits per heavy atom. The van der Waals surface area contributed by atoms with Crippen molar-refractivity contribution < 1.29 is 5.11 Å². The van der Waals surface area contributed by atoms with Crippen LogP contribution in [0.15, 0.2) is 18.3 Å². The fraction of sp³-hybridized carbons (Fsp3) is 0.500. The van der Waals surface area contributed by atoms with Crippen LogP contribution in [0, 0.1) is 6.92 Å². The van der Waals surface area contributed by atoms with Crippen LogP contribution in [0.1, 0.15) is 5.56 Å². The zero-order chi connectivity index (χ0) is 9.97. The molecule has 5 heteroatoms. The molecule has 0 spiro atoms. The highest BCUT2D eigenvalue weighted by molar-refractivity contribution is 5.85. The largest absolute Gasteiger partial charge is 0.372 e. The molecule has 15 heavy (non-hydrogen) atoms. The second-order valence-corrected chi connectivity index (χ2v) is 3.57.